The van der Waals surface area contributed by atoms with Crippen molar-refractivity contribution in [3.63, 3.8) is 0 Å². The van der Waals surface area contributed by atoms with Crippen LogP contribution in [0.25, 0.3) is 0 Å². The fourth-order valence-corrected chi connectivity index (χ4v) is 6.27. The van der Waals surface area contributed by atoms with Crippen molar-refractivity contribution in [2.75, 3.05) is 47.5 Å². The van der Waals surface area contributed by atoms with Crippen molar-refractivity contribution in [2.45, 2.75) is 174 Å². The summed E-state index contributed by atoms with van der Waals surface area (Å²) in [6.07, 6.45) is 41.3. The number of esters is 2. The lowest BCUT2D eigenvalue weighted by atomic mass is 10.1. The van der Waals surface area contributed by atoms with Crippen LogP contribution < -0.4 is 4.89 Å². The van der Waals surface area contributed by atoms with E-state index in [4.69, 9.17) is 18.5 Å². The molecule has 0 radical (unpaired) electrons. The van der Waals surface area contributed by atoms with Crippen molar-refractivity contribution in [3.05, 3.63) is 60.8 Å². The molecule has 0 aromatic heterocycles. The van der Waals surface area contributed by atoms with Crippen molar-refractivity contribution in [1.82, 2.24) is 0 Å². The number of ether oxygens (including phenoxy) is 2. The minimum absolute atomic E-state index is 0.0594. The van der Waals surface area contributed by atoms with Gasteiger partial charge >= 0.3 is 11.9 Å². The molecule has 0 saturated carbocycles. The highest BCUT2D eigenvalue weighted by Gasteiger charge is 2.21. The molecule has 0 heterocycles. The van der Waals surface area contributed by atoms with E-state index in [1.165, 1.54) is 70.6 Å². The number of likely N-dealkylation sites (N-methyl/N-ethyl adjacent to an activating group) is 1. The zero-order chi connectivity index (χ0) is 42.3. The van der Waals surface area contributed by atoms with Crippen LogP contribution in [0.15, 0.2) is 60.8 Å². The molecule has 0 spiro atoms. The van der Waals surface area contributed by atoms with Crippen molar-refractivity contribution in [2.24, 2.45) is 0 Å². The van der Waals surface area contributed by atoms with Gasteiger partial charge in [0.25, 0.3) is 7.82 Å². The molecular weight excluding hydrogens is 741 g/mol. The summed E-state index contributed by atoms with van der Waals surface area (Å²) in [6.45, 7) is 4.00. The largest absolute Gasteiger partial charge is 0.756 e. The van der Waals surface area contributed by atoms with Crippen LogP contribution in [-0.2, 0) is 32.7 Å². The zero-order valence-corrected chi connectivity index (χ0v) is 37.5. The van der Waals surface area contributed by atoms with Crippen molar-refractivity contribution in [3.8, 4) is 0 Å². The molecule has 0 aliphatic rings. The van der Waals surface area contributed by atoms with E-state index in [-0.39, 0.29) is 26.1 Å². The average molecular weight is 824 g/mol. The van der Waals surface area contributed by atoms with Crippen molar-refractivity contribution < 1.29 is 47.2 Å². The number of unbranched alkanes of at least 4 members (excludes halogenated alkanes) is 15. The van der Waals surface area contributed by atoms with Gasteiger partial charge in [0, 0.05) is 12.8 Å². The summed E-state index contributed by atoms with van der Waals surface area (Å²) in [6, 6.07) is 0. The molecule has 0 aliphatic carbocycles. The maximum absolute atomic E-state index is 12.7. The van der Waals surface area contributed by atoms with Crippen LogP contribution >= 0.6 is 7.82 Å². The number of aliphatic hydroxyl groups is 1. The van der Waals surface area contributed by atoms with Gasteiger partial charge in [0.15, 0.2) is 6.10 Å². The van der Waals surface area contributed by atoms with Crippen molar-refractivity contribution >= 4 is 19.8 Å². The fourth-order valence-electron chi connectivity index (χ4n) is 5.54. The maximum atomic E-state index is 12.7. The summed E-state index contributed by atoms with van der Waals surface area (Å²) in [5.74, 6) is -0.974. The Morgan fingerprint density at radius 1 is 0.649 bits per heavy atom. The second-order valence-corrected chi connectivity index (χ2v) is 17.3. The standard InChI is InChI=1S/C46H82NO9P/c1-6-8-10-12-14-16-17-18-19-20-21-23-25-29-33-37-45(49)53-41-44(42-55-57(51,52)54-40-39-47(3,4)5)56-46(50)38-34-30-26-28-32-36-43(48)35-31-27-24-22-15-13-11-9-7-2/h15-17,22,26-28,31-32,36,43-44,48H,6-14,18-21,23-25,29-30,33-35,37-42H2,1-5H3/b17-16-,22-15-,28-26+,31-27-,36-32-/t43?,44-/m1/s1. The number of rotatable bonds is 39. The number of phosphoric acid groups is 1. The van der Waals surface area contributed by atoms with E-state index in [9.17, 15) is 24.2 Å². The van der Waals surface area contributed by atoms with Gasteiger partial charge in [-0.25, -0.2) is 0 Å². The SMILES string of the molecule is CCCCC/C=C\C/C=C\CC(O)/C=C\C=C\CCCC(=O)O[C@H](COC(=O)CCCCCCCCC/C=C\CCCCCC)COP(=O)([O-])OCC[N+](C)(C)C. The summed E-state index contributed by atoms with van der Waals surface area (Å²) in [4.78, 5) is 37.5. The number of quaternary nitrogens is 1. The van der Waals surface area contributed by atoms with Gasteiger partial charge in [-0.15, -0.1) is 0 Å². The molecule has 0 rings (SSSR count). The highest BCUT2D eigenvalue weighted by atomic mass is 31.2. The number of carbonyl (C=O) groups is 2. The summed E-state index contributed by atoms with van der Waals surface area (Å²) >= 11 is 0. The second-order valence-electron chi connectivity index (χ2n) is 15.9. The number of allylic oxidation sites excluding steroid dienone is 8. The van der Waals surface area contributed by atoms with Crippen LogP contribution in [0.4, 0.5) is 0 Å². The second kappa shape index (κ2) is 37.9. The Morgan fingerprint density at radius 3 is 1.86 bits per heavy atom. The molecule has 2 unspecified atom stereocenters. The molecule has 57 heavy (non-hydrogen) atoms. The number of phosphoric ester groups is 1. The van der Waals surface area contributed by atoms with Crippen LogP contribution in [0, 0.1) is 0 Å². The number of hydrogen-bond acceptors (Lipinski definition) is 9. The van der Waals surface area contributed by atoms with Crippen LogP contribution in [-0.4, -0.2) is 81.2 Å². The molecular formula is C46H82NO9P. The van der Waals surface area contributed by atoms with Crippen LogP contribution in [0.1, 0.15) is 162 Å². The summed E-state index contributed by atoms with van der Waals surface area (Å²) in [5, 5.41) is 10.2. The van der Waals surface area contributed by atoms with E-state index in [0.29, 0.717) is 36.7 Å². The van der Waals surface area contributed by atoms with Crippen LogP contribution in [0.5, 0.6) is 0 Å². The predicted molar refractivity (Wildman–Crippen MR) is 232 cm³/mol. The van der Waals surface area contributed by atoms with E-state index < -0.39 is 38.6 Å². The first-order chi connectivity index (χ1) is 27.4. The van der Waals surface area contributed by atoms with Gasteiger partial charge in [0.2, 0.25) is 0 Å². The van der Waals surface area contributed by atoms with Gasteiger partial charge in [-0.2, -0.15) is 0 Å². The first-order valence-corrected chi connectivity index (χ1v) is 23.6. The Hall–Kier alpha value is -2.33. The molecule has 0 aromatic rings. The Morgan fingerprint density at radius 2 is 1.19 bits per heavy atom. The van der Waals surface area contributed by atoms with E-state index in [1.807, 2.05) is 39.4 Å². The molecule has 0 aromatic carbocycles. The van der Waals surface area contributed by atoms with E-state index in [0.717, 1.165) is 38.5 Å². The third kappa shape index (κ3) is 41.6. The number of aliphatic hydroxyl groups excluding tert-OH is 1. The molecule has 3 atom stereocenters. The minimum Gasteiger partial charge on any atom is -0.756 e. The normalized spacial score (nSPS) is 14.7. The lowest BCUT2D eigenvalue weighted by Crippen LogP contribution is -2.37. The molecule has 10 nitrogen and oxygen atoms in total. The number of hydrogen-bond donors (Lipinski definition) is 1. The molecule has 330 valence electrons. The molecule has 0 fully saturated rings. The summed E-state index contributed by atoms with van der Waals surface area (Å²) in [5.41, 5.74) is 0. The fraction of sp³-hybridized carbons (Fsp3) is 0.739. The molecule has 11 heteroatoms. The highest BCUT2D eigenvalue weighted by Crippen LogP contribution is 2.38. The van der Waals surface area contributed by atoms with Crippen molar-refractivity contribution in [1.29, 1.82) is 0 Å². The molecule has 0 aliphatic heterocycles. The van der Waals surface area contributed by atoms with Crippen LogP contribution in [0.2, 0.25) is 0 Å². The topological polar surface area (TPSA) is 131 Å². The molecule has 0 bridgehead atoms. The molecule has 1 N–H and O–H groups in total. The van der Waals surface area contributed by atoms with Gasteiger partial charge in [-0.3, -0.25) is 14.2 Å². The van der Waals surface area contributed by atoms with Gasteiger partial charge < -0.3 is 33.0 Å². The van der Waals surface area contributed by atoms with Gasteiger partial charge in [-0.1, -0.05) is 139 Å². The van der Waals surface area contributed by atoms with E-state index >= 15 is 0 Å². The van der Waals surface area contributed by atoms with Gasteiger partial charge in [-0.05, 0) is 70.6 Å². The Balaban J connectivity index is 4.56. The summed E-state index contributed by atoms with van der Waals surface area (Å²) in [7, 11) is 1.07. The monoisotopic (exact) mass is 824 g/mol. The smallest absolute Gasteiger partial charge is 0.306 e. The average Bonchev–Trinajstić information content (AvgIpc) is 3.15. The lowest BCUT2D eigenvalue weighted by molar-refractivity contribution is -0.870. The molecule has 0 amide bonds. The van der Waals surface area contributed by atoms with E-state index in [1.54, 1.807) is 12.2 Å². The van der Waals surface area contributed by atoms with Gasteiger partial charge in [0.05, 0.1) is 33.9 Å². The summed E-state index contributed by atoms with van der Waals surface area (Å²) < 4.78 is 33.7. The predicted octanol–water partition coefficient (Wildman–Crippen LogP) is 10.8. The minimum atomic E-state index is -4.66. The number of carbonyl (C=O) groups excluding carboxylic acids is 2. The third-order valence-corrected chi connectivity index (χ3v) is 10.1. The lowest BCUT2D eigenvalue weighted by Gasteiger charge is -2.28. The quantitative estimate of drug-likeness (QED) is 0.0161. The highest BCUT2D eigenvalue weighted by molar-refractivity contribution is 7.45. The Kier molecular flexibility index (Phi) is 36.4. The van der Waals surface area contributed by atoms with Gasteiger partial charge in [0.1, 0.15) is 19.8 Å². The Labute approximate surface area is 348 Å². The van der Waals surface area contributed by atoms with Crippen LogP contribution in [0.3, 0.4) is 0 Å². The molecule has 0 saturated heterocycles. The zero-order valence-electron chi connectivity index (χ0n) is 36.6. The third-order valence-electron chi connectivity index (χ3n) is 9.09. The first kappa shape index (κ1) is 54.7. The van der Waals surface area contributed by atoms with E-state index in [2.05, 4.69) is 44.2 Å². The first-order valence-electron chi connectivity index (χ1n) is 22.1. The Bertz CT molecular complexity index is 1170. The maximum Gasteiger partial charge on any atom is 0.306 e. The number of nitrogens with zero attached hydrogens (tertiary/aromatic N) is 1.